The lowest BCUT2D eigenvalue weighted by molar-refractivity contribution is -0.139. The predicted molar refractivity (Wildman–Crippen MR) is 130 cm³/mol. The summed E-state index contributed by atoms with van der Waals surface area (Å²) >= 11 is 0. The molecule has 3 amide bonds. The van der Waals surface area contributed by atoms with Gasteiger partial charge in [0.15, 0.2) is 0 Å². The maximum absolute atomic E-state index is 13.0. The zero-order valence-electron chi connectivity index (χ0n) is 19.9. The minimum absolute atomic E-state index is 0.110. The number of nitrogens with zero attached hydrogens (tertiary/aromatic N) is 1. The molecule has 0 aromatic heterocycles. The highest BCUT2D eigenvalue weighted by molar-refractivity contribution is 6.13. The van der Waals surface area contributed by atoms with Crippen molar-refractivity contribution >= 4 is 35.1 Å². The number of amides is 3. The van der Waals surface area contributed by atoms with E-state index >= 15 is 0 Å². The molecule has 1 heterocycles. The third-order valence-corrected chi connectivity index (χ3v) is 5.69. The number of anilines is 2. The second kappa shape index (κ2) is 10.5. The van der Waals surface area contributed by atoms with Gasteiger partial charge in [-0.2, -0.15) is 0 Å². The SMILES string of the molecule is CC(C)CC(=O)N1c2ccc(C(=O)NC(Cc3ccccc3)C(=O)O)cc2NC(=O)C1C(C)C. The summed E-state index contributed by atoms with van der Waals surface area (Å²) in [5.41, 5.74) is 1.85. The van der Waals surface area contributed by atoms with Crippen molar-refractivity contribution in [2.45, 2.75) is 52.6 Å². The van der Waals surface area contributed by atoms with E-state index in [1.165, 1.54) is 11.0 Å². The average Bonchev–Trinajstić information content (AvgIpc) is 2.77. The maximum Gasteiger partial charge on any atom is 0.326 e. The Morgan fingerprint density at radius 3 is 2.32 bits per heavy atom. The summed E-state index contributed by atoms with van der Waals surface area (Å²) in [4.78, 5) is 52.1. The Morgan fingerprint density at radius 2 is 1.74 bits per heavy atom. The van der Waals surface area contributed by atoms with Crippen LogP contribution in [0.5, 0.6) is 0 Å². The van der Waals surface area contributed by atoms with Crippen LogP contribution in [0.2, 0.25) is 0 Å². The summed E-state index contributed by atoms with van der Waals surface area (Å²) in [7, 11) is 0. The molecule has 0 bridgehead atoms. The van der Waals surface area contributed by atoms with Crippen LogP contribution in [0.4, 0.5) is 11.4 Å². The lowest BCUT2D eigenvalue weighted by atomic mass is 9.95. The highest BCUT2D eigenvalue weighted by Crippen LogP contribution is 2.36. The van der Waals surface area contributed by atoms with Crippen LogP contribution < -0.4 is 15.5 Å². The number of aliphatic carboxylic acids is 1. The van der Waals surface area contributed by atoms with Crippen LogP contribution >= 0.6 is 0 Å². The van der Waals surface area contributed by atoms with Gasteiger partial charge in [-0.05, 0) is 35.6 Å². The fourth-order valence-electron chi connectivity index (χ4n) is 4.09. The first kappa shape index (κ1) is 25.0. The van der Waals surface area contributed by atoms with E-state index in [9.17, 15) is 24.3 Å². The van der Waals surface area contributed by atoms with E-state index in [2.05, 4.69) is 10.6 Å². The zero-order valence-corrected chi connectivity index (χ0v) is 19.9. The van der Waals surface area contributed by atoms with E-state index in [-0.39, 0.29) is 42.1 Å². The van der Waals surface area contributed by atoms with Crippen LogP contribution in [0.3, 0.4) is 0 Å². The van der Waals surface area contributed by atoms with Crippen molar-refractivity contribution in [2.24, 2.45) is 11.8 Å². The molecule has 8 heteroatoms. The first-order valence-electron chi connectivity index (χ1n) is 11.4. The number of carbonyl (C=O) groups is 4. The van der Waals surface area contributed by atoms with Crippen molar-refractivity contribution in [3.63, 3.8) is 0 Å². The highest BCUT2D eigenvalue weighted by Gasteiger charge is 2.39. The van der Waals surface area contributed by atoms with Gasteiger partial charge in [0.25, 0.3) is 5.91 Å². The van der Waals surface area contributed by atoms with Gasteiger partial charge in [0.05, 0.1) is 11.4 Å². The van der Waals surface area contributed by atoms with Gasteiger partial charge in [-0.1, -0.05) is 58.0 Å². The summed E-state index contributed by atoms with van der Waals surface area (Å²) in [6, 6.07) is 11.9. The molecule has 2 aromatic carbocycles. The highest BCUT2D eigenvalue weighted by atomic mass is 16.4. The Labute approximate surface area is 199 Å². The van der Waals surface area contributed by atoms with Gasteiger partial charge in [0.1, 0.15) is 12.1 Å². The number of nitrogens with one attached hydrogen (secondary N) is 2. The van der Waals surface area contributed by atoms with Crippen molar-refractivity contribution < 1.29 is 24.3 Å². The normalized spacial score (nSPS) is 16.1. The van der Waals surface area contributed by atoms with E-state index in [1.807, 2.05) is 33.8 Å². The molecule has 0 spiro atoms. The zero-order chi connectivity index (χ0) is 25.0. The van der Waals surface area contributed by atoms with Gasteiger partial charge in [-0.3, -0.25) is 19.3 Å². The molecule has 8 nitrogen and oxygen atoms in total. The van der Waals surface area contributed by atoms with Gasteiger partial charge in [-0.25, -0.2) is 4.79 Å². The first-order chi connectivity index (χ1) is 16.1. The number of carboxylic acid groups (broad SMARTS) is 1. The molecule has 0 fully saturated rings. The lowest BCUT2D eigenvalue weighted by Crippen LogP contribution is -2.54. The van der Waals surface area contributed by atoms with E-state index in [4.69, 9.17) is 0 Å². The third kappa shape index (κ3) is 5.62. The lowest BCUT2D eigenvalue weighted by Gasteiger charge is -2.39. The summed E-state index contributed by atoms with van der Waals surface area (Å²) in [5.74, 6) is -2.18. The average molecular weight is 466 g/mol. The number of benzene rings is 2. The number of hydrogen-bond donors (Lipinski definition) is 3. The Bertz CT molecular complexity index is 1080. The van der Waals surface area contributed by atoms with Crippen LogP contribution in [0, 0.1) is 11.8 Å². The summed E-state index contributed by atoms with van der Waals surface area (Å²) in [6.45, 7) is 7.64. The fourth-order valence-corrected chi connectivity index (χ4v) is 4.09. The first-order valence-corrected chi connectivity index (χ1v) is 11.4. The summed E-state index contributed by atoms with van der Waals surface area (Å²) in [5, 5.41) is 15.0. The molecular weight excluding hydrogens is 434 g/mol. The number of carboxylic acids is 1. The van der Waals surface area contributed by atoms with E-state index in [1.54, 1.807) is 36.4 Å². The van der Waals surface area contributed by atoms with Crippen LogP contribution in [0.25, 0.3) is 0 Å². The van der Waals surface area contributed by atoms with Gasteiger partial charge >= 0.3 is 5.97 Å². The van der Waals surface area contributed by atoms with Crippen molar-refractivity contribution in [3.05, 3.63) is 59.7 Å². The van der Waals surface area contributed by atoms with Crippen molar-refractivity contribution in [1.29, 1.82) is 0 Å². The quantitative estimate of drug-likeness (QED) is 0.552. The molecule has 0 radical (unpaired) electrons. The molecule has 0 aliphatic carbocycles. The van der Waals surface area contributed by atoms with Gasteiger partial charge in [-0.15, -0.1) is 0 Å². The molecule has 1 aliphatic rings. The number of rotatable bonds is 8. The molecule has 34 heavy (non-hydrogen) atoms. The van der Waals surface area contributed by atoms with Gasteiger partial charge < -0.3 is 15.7 Å². The van der Waals surface area contributed by atoms with E-state index in [0.717, 1.165) is 5.56 Å². The molecule has 2 atom stereocenters. The van der Waals surface area contributed by atoms with Crippen molar-refractivity contribution in [3.8, 4) is 0 Å². The Morgan fingerprint density at radius 1 is 1.06 bits per heavy atom. The van der Waals surface area contributed by atoms with Gasteiger partial charge in [0.2, 0.25) is 11.8 Å². The third-order valence-electron chi connectivity index (χ3n) is 5.69. The summed E-state index contributed by atoms with van der Waals surface area (Å²) in [6.07, 6.45) is 0.426. The molecular formula is C26H31N3O5. The number of hydrogen-bond acceptors (Lipinski definition) is 4. The second-order valence-electron chi connectivity index (χ2n) is 9.33. The van der Waals surface area contributed by atoms with Crippen molar-refractivity contribution in [2.75, 3.05) is 10.2 Å². The Hall–Kier alpha value is -3.68. The smallest absolute Gasteiger partial charge is 0.326 e. The van der Waals surface area contributed by atoms with Gasteiger partial charge in [0, 0.05) is 18.4 Å². The van der Waals surface area contributed by atoms with Crippen LogP contribution in [0.1, 0.15) is 50.0 Å². The topological polar surface area (TPSA) is 116 Å². The molecule has 0 saturated carbocycles. The molecule has 2 unspecified atom stereocenters. The molecule has 3 rings (SSSR count). The largest absolute Gasteiger partial charge is 0.480 e. The monoisotopic (exact) mass is 465 g/mol. The van der Waals surface area contributed by atoms with E-state index < -0.39 is 24.0 Å². The molecule has 2 aromatic rings. The Balaban J connectivity index is 1.87. The van der Waals surface area contributed by atoms with Crippen LogP contribution in [0.15, 0.2) is 48.5 Å². The standard InChI is InChI=1S/C26H31N3O5/c1-15(2)12-22(30)29-21-11-10-18(14-19(21)27-25(32)23(29)16(3)4)24(31)28-20(26(33)34)13-17-8-6-5-7-9-17/h5-11,14-16,20,23H,12-13H2,1-4H3,(H,27,32)(H,28,31)(H,33,34). The molecule has 0 saturated heterocycles. The van der Waals surface area contributed by atoms with E-state index in [0.29, 0.717) is 11.4 Å². The Kier molecular flexibility index (Phi) is 7.71. The molecule has 1 aliphatic heterocycles. The predicted octanol–water partition coefficient (Wildman–Crippen LogP) is 3.47. The van der Waals surface area contributed by atoms with Crippen molar-refractivity contribution in [1.82, 2.24) is 5.32 Å². The number of carbonyl (C=O) groups excluding carboxylic acids is 3. The van der Waals surface area contributed by atoms with Crippen LogP contribution in [-0.4, -0.2) is 40.9 Å². The molecule has 180 valence electrons. The minimum atomic E-state index is -1.14. The summed E-state index contributed by atoms with van der Waals surface area (Å²) < 4.78 is 0. The minimum Gasteiger partial charge on any atom is -0.480 e. The fraction of sp³-hybridized carbons (Fsp3) is 0.385. The number of fused-ring (bicyclic) bond motifs is 1. The van der Waals surface area contributed by atoms with Crippen LogP contribution in [-0.2, 0) is 20.8 Å². The second-order valence-corrected chi connectivity index (χ2v) is 9.33. The maximum atomic E-state index is 13.0. The molecule has 3 N–H and O–H groups in total.